The lowest BCUT2D eigenvalue weighted by Gasteiger charge is -2.28. The zero-order chi connectivity index (χ0) is 30.3. The average molecular weight is 577 g/mol. The maximum atomic E-state index is 14.2. The molecule has 1 unspecified atom stereocenters. The Bertz CT molecular complexity index is 1510. The first kappa shape index (κ1) is 29.5. The van der Waals surface area contributed by atoms with Crippen LogP contribution in [-0.2, 0) is 27.0 Å². The molecule has 3 aromatic carbocycles. The summed E-state index contributed by atoms with van der Waals surface area (Å²) in [5, 5.41) is 3.02. The van der Waals surface area contributed by atoms with Crippen molar-refractivity contribution in [2.45, 2.75) is 38.1 Å². The fourth-order valence-electron chi connectivity index (χ4n) is 4.36. The van der Waals surface area contributed by atoms with Gasteiger partial charge in [0.15, 0.2) is 0 Å². The van der Waals surface area contributed by atoms with Crippen LogP contribution in [0.2, 0.25) is 0 Å². The predicted octanol–water partition coefficient (Wildman–Crippen LogP) is 5.65. The van der Waals surface area contributed by atoms with E-state index in [1.807, 2.05) is 0 Å². The fourth-order valence-corrected chi connectivity index (χ4v) is 4.36. The summed E-state index contributed by atoms with van der Waals surface area (Å²) in [6, 6.07) is 9.99. The van der Waals surface area contributed by atoms with Crippen LogP contribution in [0.4, 0.5) is 43.8 Å². The molecule has 0 saturated carbocycles. The quantitative estimate of drug-likeness (QED) is 0.214. The van der Waals surface area contributed by atoms with Gasteiger partial charge in [-0.2, -0.15) is 13.2 Å². The van der Waals surface area contributed by atoms with Crippen molar-refractivity contribution in [2.24, 2.45) is 5.73 Å². The molecule has 1 heterocycles. The van der Waals surface area contributed by atoms with Crippen molar-refractivity contribution in [3.05, 3.63) is 89.0 Å². The number of ether oxygens (including phenoxy) is 1. The number of nitrogens with two attached hydrogens (primary N) is 1. The molecule has 41 heavy (non-hydrogen) atoms. The number of carbonyl (C=O) groups is 3. The Balaban J connectivity index is 1.63. The van der Waals surface area contributed by atoms with Gasteiger partial charge in [-0.25, -0.2) is 18.5 Å². The van der Waals surface area contributed by atoms with Crippen molar-refractivity contribution < 1.29 is 41.1 Å². The van der Waals surface area contributed by atoms with E-state index in [-0.39, 0.29) is 12.2 Å². The van der Waals surface area contributed by atoms with Crippen molar-refractivity contribution in [3.8, 4) is 0 Å². The Morgan fingerprint density at radius 2 is 1.68 bits per heavy atom. The van der Waals surface area contributed by atoms with Gasteiger partial charge in [-0.05, 0) is 67.4 Å². The van der Waals surface area contributed by atoms with Gasteiger partial charge in [0.1, 0.15) is 23.2 Å². The minimum atomic E-state index is -5.04. The van der Waals surface area contributed by atoms with Gasteiger partial charge >= 0.3 is 18.2 Å². The van der Waals surface area contributed by atoms with E-state index in [4.69, 9.17) is 5.73 Å². The number of halogens is 5. The van der Waals surface area contributed by atoms with Gasteiger partial charge in [0, 0.05) is 11.4 Å². The SMILES string of the molecule is COC(=O)C(N)c1ccc(Nc2cc(F)ccc2CN2C(=O)N(c3ccc(F)c(C(F)(F)F)c3)C(=O)C2(C)C)cc1. The molecule has 1 fully saturated rings. The van der Waals surface area contributed by atoms with Crippen LogP contribution in [0.5, 0.6) is 0 Å². The van der Waals surface area contributed by atoms with Gasteiger partial charge in [0.05, 0.1) is 24.9 Å². The van der Waals surface area contributed by atoms with Crippen LogP contribution in [0.25, 0.3) is 0 Å². The number of urea groups is 1. The Morgan fingerprint density at radius 1 is 1.02 bits per heavy atom. The van der Waals surface area contributed by atoms with Gasteiger partial charge in [-0.15, -0.1) is 0 Å². The highest BCUT2D eigenvalue weighted by Crippen LogP contribution is 2.38. The third-order valence-electron chi connectivity index (χ3n) is 6.74. The van der Waals surface area contributed by atoms with Gasteiger partial charge in [0.2, 0.25) is 0 Å². The molecule has 4 rings (SSSR count). The van der Waals surface area contributed by atoms with Crippen LogP contribution in [0, 0.1) is 11.6 Å². The molecule has 0 spiro atoms. The summed E-state index contributed by atoms with van der Waals surface area (Å²) >= 11 is 0. The molecule has 0 radical (unpaired) electrons. The molecule has 0 aliphatic carbocycles. The number of rotatable bonds is 7. The van der Waals surface area contributed by atoms with Crippen molar-refractivity contribution in [1.82, 2.24) is 4.90 Å². The molecule has 8 nitrogen and oxygen atoms in total. The number of methoxy groups -OCH3 is 1. The molecule has 1 atom stereocenters. The minimum absolute atomic E-state index is 0.227. The topological polar surface area (TPSA) is 105 Å². The molecule has 1 saturated heterocycles. The average Bonchev–Trinajstić information content (AvgIpc) is 3.08. The van der Waals surface area contributed by atoms with Gasteiger partial charge < -0.3 is 20.7 Å². The largest absolute Gasteiger partial charge is 0.468 e. The highest BCUT2D eigenvalue weighted by Gasteiger charge is 2.52. The number of imide groups is 1. The van der Waals surface area contributed by atoms with Gasteiger partial charge in [-0.1, -0.05) is 18.2 Å². The van der Waals surface area contributed by atoms with E-state index in [2.05, 4.69) is 10.1 Å². The van der Waals surface area contributed by atoms with Crippen molar-refractivity contribution in [3.63, 3.8) is 0 Å². The first-order chi connectivity index (χ1) is 19.1. The first-order valence-corrected chi connectivity index (χ1v) is 12.2. The summed E-state index contributed by atoms with van der Waals surface area (Å²) < 4.78 is 72.6. The fraction of sp³-hybridized carbons (Fsp3) is 0.250. The number of nitrogens with one attached hydrogen (secondary N) is 1. The van der Waals surface area contributed by atoms with Crippen molar-refractivity contribution >= 4 is 35.0 Å². The maximum Gasteiger partial charge on any atom is 0.419 e. The highest BCUT2D eigenvalue weighted by molar-refractivity contribution is 6.23. The second kappa shape index (κ2) is 10.8. The molecular formula is C28H25F5N4O4. The molecule has 3 amide bonds. The second-order valence-corrected chi connectivity index (χ2v) is 9.78. The zero-order valence-electron chi connectivity index (χ0n) is 22.1. The number of hydrogen-bond acceptors (Lipinski definition) is 6. The molecule has 1 aliphatic heterocycles. The number of carbonyl (C=O) groups excluding carboxylic acids is 3. The van der Waals surface area contributed by atoms with Crippen molar-refractivity contribution in [2.75, 3.05) is 17.3 Å². The van der Waals surface area contributed by atoms with E-state index in [0.717, 1.165) is 17.0 Å². The van der Waals surface area contributed by atoms with Crippen LogP contribution in [-0.4, -0.2) is 35.5 Å². The van der Waals surface area contributed by atoms with Crippen LogP contribution >= 0.6 is 0 Å². The lowest BCUT2D eigenvalue weighted by molar-refractivity contribution is -0.142. The summed E-state index contributed by atoms with van der Waals surface area (Å²) in [5.74, 6) is -3.60. The summed E-state index contributed by atoms with van der Waals surface area (Å²) in [5.41, 5.74) is 3.85. The molecule has 3 N–H and O–H groups in total. The third kappa shape index (κ3) is 5.71. The maximum absolute atomic E-state index is 14.2. The standard InChI is InChI=1S/C28H25F5N4O4/c1-27(2)25(39)37(19-10-11-21(30)20(13-19)28(31,32)33)26(40)36(27)14-16-4-7-17(29)12-22(16)35-18-8-5-15(6-9-18)23(34)24(38)41-3/h4-13,23,35H,14,34H2,1-3H3. The van der Waals surface area contributed by atoms with E-state index in [1.165, 1.54) is 33.1 Å². The van der Waals surface area contributed by atoms with E-state index < -0.39 is 58.5 Å². The zero-order valence-corrected chi connectivity index (χ0v) is 22.1. The normalized spacial score (nSPS) is 15.7. The molecule has 13 heteroatoms. The van der Waals surface area contributed by atoms with E-state index in [9.17, 15) is 36.3 Å². The first-order valence-electron chi connectivity index (χ1n) is 12.2. The lowest BCUT2D eigenvalue weighted by atomic mass is 10.0. The van der Waals surface area contributed by atoms with Crippen LogP contribution < -0.4 is 16.0 Å². The number of alkyl halides is 3. The monoisotopic (exact) mass is 576 g/mol. The summed E-state index contributed by atoms with van der Waals surface area (Å²) in [6.45, 7) is 2.61. The Hall–Kier alpha value is -4.52. The Labute approximate surface area is 231 Å². The van der Waals surface area contributed by atoms with Gasteiger partial charge in [-0.3, -0.25) is 9.59 Å². The third-order valence-corrected chi connectivity index (χ3v) is 6.74. The number of hydrogen-bond donors (Lipinski definition) is 2. The van der Waals surface area contributed by atoms with E-state index in [0.29, 0.717) is 33.8 Å². The molecule has 216 valence electrons. The van der Waals surface area contributed by atoms with Crippen LogP contribution in [0.1, 0.15) is 36.6 Å². The second-order valence-electron chi connectivity index (χ2n) is 9.78. The smallest absolute Gasteiger partial charge is 0.419 e. The number of esters is 1. The number of amides is 3. The number of benzene rings is 3. The number of nitrogens with zero attached hydrogens (tertiary/aromatic N) is 2. The van der Waals surface area contributed by atoms with Gasteiger partial charge in [0.25, 0.3) is 5.91 Å². The van der Waals surface area contributed by atoms with Crippen molar-refractivity contribution in [1.29, 1.82) is 0 Å². The molecule has 3 aromatic rings. The summed E-state index contributed by atoms with van der Waals surface area (Å²) in [6.07, 6.45) is -5.04. The highest BCUT2D eigenvalue weighted by atomic mass is 19.4. The minimum Gasteiger partial charge on any atom is -0.468 e. The van der Waals surface area contributed by atoms with Crippen LogP contribution in [0.3, 0.4) is 0 Å². The molecular weight excluding hydrogens is 551 g/mol. The van der Waals surface area contributed by atoms with E-state index in [1.54, 1.807) is 24.3 Å². The summed E-state index contributed by atoms with van der Waals surface area (Å²) in [7, 11) is 1.21. The summed E-state index contributed by atoms with van der Waals surface area (Å²) in [4.78, 5) is 40.0. The Morgan fingerprint density at radius 3 is 2.29 bits per heavy atom. The molecule has 0 aromatic heterocycles. The van der Waals surface area contributed by atoms with E-state index >= 15 is 0 Å². The van der Waals surface area contributed by atoms with Crippen LogP contribution in [0.15, 0.2) is 60.7 Å². The predicted molar refractivity (Wildman–Crippen MR) is 139 cm³/mol. The molecule has 1 aliphatic rings. The Kier molecular flexibility index (Phi) is 7.76. The number of anilines is 3. The molecule has 0 bridgehead atoms. The lowest BCUT2D eigenvalue weighted by Crippen LogP contribution is -2.43.